The number of ketones is 1. The number of nitrogens with one attached hydrogen (secondary N) is 1. The molecule has 0 aliphatic carbocycles. The van der Waals surface area contributed by atoms with E-state index in [-0.39, 0.29) is 18.2 Å². The number of rotatable bonds is 3. The average Bonchev–Trinajstić information content (AvgIpc) is 2.20. The highest BCUT2D eigenvalue weighted by Crippen LogP contribution is 2.33. The molecule has 0 aromatic carbocycles. The number of hydrogen-bond donors (Lipinski definition) is 1. The van der Waals surface area contributed by atoms with Crippen molar-refractivity contribution in [1.82, 2.24) is 5.32 Å². The van der Waals surface area contributed by atoms with E-state index < -0.39 is 11.3 Å². The Kier molecular flexibility index (Phi) is 3.03. The molecular weight excluding hydrogens is 182 g/mol. The predicted molar refractivity (Wildman–Crippen MR) is 50.6 cm³/mol. The number of piperidine rings is 1. The van der Waals surface area contributed by atoms with Gasteiger partial charge in [-0.2, -0.15) is 0 Å². The monoisotopic (exact) mass is 197 g/mol. The maximum atomic E-state index is 11.9. The van der Waals surface area contributed by atoms with Gasteiger partial charge < -0.3 is 10.1 Å². The lowest BCUT2D eigenvalue weighted by Gasteiger charge is -2.35. The first-order valence-corrected chi connectivity index (χ1v) is 4.90. The molecule has 1 unspecified atom stereocenters. The molecule has 1 aliphatic heterocycles. The molecule has 14 heavy (non-hydrogen) atoms. The molecule has 0 saturated carbocycles. The van der Waals surface area contributed by atoms with E-state index in [0.29, 0.717) is 19.1 Å². The quantitative estimate of drug-likeness (QED) is 0.523. The van der Waals surface area contributed by atoms with Crippen LogP contribution in [0, 0.1) is 11.3 Å². The average molecular weight is 197 g/mol. The smallest absolute Gasteiger partial charge is 0.233 e. The van der Waals surface area contributed by atoms with Crippen molar-refractivity contribution < 1.29 is 14.4 Å². The predicted octanol–water partition coefficient (Wildman–Crippen LogP) is 0.307. The molecule has 1 amide bonds. The molecule has 1 N–H and O–H groups in total. The lowest BCUT2D eigenvalue weighted by molar-refractivity contribution is -0.149. The molecule has 1 saturated heterocycles. The molecule has 1 aliphatic rings. The number of amides is 1. The molecule has 4 nitrogen and oxygen atoms in total. The van der Waals surface area contributed by atoms with Crippen molar-refractivity contribution in [3.8, 4) is 0 Å². The van der Waals surface area contributed by atoms with E-state index >= 15 is 0 Å². The standard InChI is InChI=1S/C10H15NO3/c1-3-10(4-2)8(13)7(6-12)5-11-9(10)14/h6-7H,3-5H2,1-2H3,(H,11,14). The third kappa shape index (κ3) is 1.35. The first kappa shape index (κ1) is 10.9. The van der Waals surface area contributed by atoms with Crippen molar-refractivity contribution in [2.45, 2.75) is 26.7 Å². The Bertz CT molecular complexity index is 269. The van der Waals surface area contributed by atoms with Gasteiger partial charge in [-0.05, 0) is 12.8 Å². The summed E-state index contributed by atoms with van der Waals surface area (Å²) < 4.78 is 0. The van der Waals surface area contributed by atoms with Crippen molar-refractivity contribution in [1.29, 1.82) is 0 Å². The summed E-state index contributed by atoms with van der Waals surface area (Å²) in [5.74, 6) is -1.11. The maximum Gasteiger partial charge on any atom is 0.233 e. The minimum absolute atomic E-state index is 0.156. The number of hydrogen-bond acceptors (Lipinski definition) is 3. The van der Waals surface area contributed by atoms with Crippen molar-refractivity contribution in [3.05, 3.63) is 0 Å². The highest BCUT2D eigenvalue weighted by Gasteiger charge is 2.48. The summed E-state index contributed by atoms with van der Waals surface area (Å²) in [7, 11) is 0. The van der Waals surface area contributed by atoms with Crippen LogP contribution in [0.4, 0.5) is 0 Å². The Hall–Kier alpha value is -1.19. The summed E-state index contributed by atoms with van der Waals surface area (Å²) >= 11 is 0. The molecule has 4 heteroatoms. The second kappa shape index (κ2) is 3.90. The van der Waals surface area contributed by atoms with E-state index in [1.165, 1.54) is 0 Å². The van der Waals surface area contributed by atoms with Crippen LogP contribution in [0.15, 0.2) is 0 Å². The minimum Gasteiger partial charge on any atom is -0.354 e. The van der Waals surface area contributed by atoms with Crippen molar-refractivity contribution in [2.24, 2.45) is 11.3 Å². The summed E-state index contributed by atoms with van der Waals surface area (Å²) in [5.41, 5.74) is -0.968. The number of carbonyl (C=O) groups excluding carboxylic acids is 3. The molecule has 1 atom stereocenters. The summed E-state index contributed by atoms with van der Waals surface area (Å²) in [4.78, 5) is 34.1. The van der Waals surface area contributed by atoms with E-state index in [0.717, 1.165) is 0 Å². The summed E-state index contributed by atoms with van der Waals surface area (Å²) in [6.07, 6.45) is 1.54. The second-order valence-corrected chi connectivity index (χ2v) is 3.61. The van der Waals surface area contributed by atoms with Gasteiger partial charge in [-0.25, -0.2) is 0 Å². The first-order valence-electron chi connectivity index (χ1n) is 4.90. The molecule has 0 aromatic heterocycles. The van der Waals surface area contributed by atoms with Crippen LogP contribution in [0.5, 0.6) is 0 Å². The second-order valence-electron chi connectivity index (χ2n) is 3.61. The van der Waals surface area contributed by atoms with Gasteiger partial charge >= 0.3 is 0 Å². The van der Waals surface area contributed by atoms with Gasteiger partial charge in [0, 0.05) is 6.54 Å². The van der Waals surface area contributed by atoms with Crippen molar-refractivity contribution in [3.63, 3.8) is 0 Å². The zero-order chi connectivity index (χ0) is 10.8. The molecule has 1 rings (SSSR count). The van der Waals surface area contributed by atoms with Gasteiger partial charge in [0.1, 0.15) is 11.7 Å². The van der Waals surface area contributed by atoms with Crippen LogP contribution in [-0.2, 0) is 14.4 Å². The molecular formula is C10H15NO3. The zero-order valence-electron chi connectivity index (χ0n) is 8.50. The Morgan fingerprint density at radius 1 is 1.43 bits per heavy atom. The van der Waals surface area contributed by atoms with Gasteiger partial charge in [-0.1, -0.05) is 13.8 Å². The van der Waals surface area contributed by atoms with E-state index in [2.05, 4.69) is 5.32 Å². The van der Waals surface area contributed by atoms with E-state index in [1.807, 2.05) is 0 Å². The SMILES string of the molecule is CCC1(CC)C(=O)NCC(C=O)C1=O. The van der Waals surface area contributed by atoms with Crippen LogP contribution in [-0.4, -0.2) is 24.5 Å². The third-order valence-corrected chi connectivity index (χ3v) is 3.10. The van der Waals surface area contributed by atoms with Crippen LogP contribution in [0.25, 0.3) is 0 Å². The van der Waals surface area contributed by atoms with E-state index in [4.69, 9.17) is 0 Å². The lowest BCUT2D eigenvalue weighted by Crippen LogP contribution is -2.56. The Morgan fingerprint density at radius 3 is 2.43 bits per heavy atom. The molecule has 0 spiro atoms. The molecule has 0 bridgehead atoms. The largest absolute Gasteiger partial charge is 0.354 e. The minimum atomic E-state index is -0.968. The fourth-order valence-electron chi connectivity index (χ4n) is 1.96. The summed E-state index contributed by atoms with van der Waals surface area (Å²) in [5, 5.41) is 2.62. The van der Waals surface area contributed by atoms with Gasteiger partial charge in [0.2, 0.25) is 5.91 Å². The van der Waals surface area contributed by atoms with Gasteiger partial charge in [0.05, 0.1) is 5.92 Å². The van der Waals surface area contributed by atoms with E-state index in [9.17, 15) is 14.4 Å². The van der Waals surface area contributed by atoms with Crippen molar-refractivity contribution in [2.75, 3.05) is 6.54 Å². The van der Waals surface area contributed by atoms with Crippen LogP contribution >= 0.6 is 0 Å². The summed E-state index contributed by atoms with van der Waals surface area (Å²) in [6.45, 7) is 3.76. The highest BCUT2D eigenvalue weighted by atomic mass is 16.2. The number of Topliss-reactive ketones (excluding diaryl/α,β-unsaturated/α-hetero) is 1. The Labute approximate surface area is 83.1 Å². The van der Waals surface area contributed by atoms with E-state index in [1.54, 1.807) is 13.8 Å². The Balaban J connectivity index is 3.04. The van der Waals surface area contributed by atoms with Crippen LogP contribution in [0.1, 0.15) is 26.7 Å². The van der Waals surface area contributed by atoms with Crippen LogP contribution in [0.2, 0.25) is 0 Å². The first-order chi connectivity index (χ1) is 6.62. The normalized spacial score (nSPS) is 25.7. The molecule has 1 heterocycles. The molecule has 78 valence electrons. The fourth-order valence-corrected chi connectivity index (χ4v) is 1.96. The molecule has 1 fully saturated rings. The van der Waals surface area contributed by atoms with Crippen LogP contribution < -0.4 is 5.32 Å². The van der Waals surface area contributed by atoms with Crippen LogP contribution in [0.3, 0.4) is 0 Å². The third-order valence-electron chi connectivity index (χ3n) is 3.10. The molecule has 0 radical (unpaired) electrons. The lowest BCUT2D eigenvalue weighted by atomic mass is 9.71. The summed E-state index contributed by atoms with van der Waals surface area (Å²) in [6, 6.07) is 0. The van der Waals surface area contributed by atoms with Crippen molar-refractivity contribution >= 4 is 18.0 Å². The van der Waals surface area contributed by atoms with Gasteiger partial charge in [0.15, 0.2) is 5.78 Å². The van der Waals surface area contributed by atoms with Gasteiger partial charge in [0.25, 0.3) is 0 Å². The fraction of sp³-hybridized carbons (Fsp3) is 0.700. The highest BCUT2D eigenvalue weighted by molar-refractivity contribution is 6.13. The zero-order valence-corrected chi connectivity index (χ0v) is 8.50. The molecule has 0 aromatic rings. The Morgan fingerprint density at radius 2 is 2.00 bits per heavy atom. The number of carbonyl (C=O) groups is 3. The topological polar surface area (TPSA) is 63.2 Å². The van der Waals surface area contributed by atoms with Gasteiger partial charge in [-0.15, -0.1) is 0 Å². The van der Waals surface area contributed by atoms with Gasteiger partial charge in [-0.3, -0.25) is 9.59 Å². The maximum absolute atomic E-state index is 11.9. The number of aldehydes is 1.